The number of nitrogens with one attached hydrogen (secondary N) is 1. The van der Waals surface area contributed by atoms with Gasteiger partial charge in [-0.1, -0.05) is 53.6 Å². The Kier molecular flexibility index (Phi) is 6.25. The van der Waals surface area contributed by atoms with Gasteiger partial charge in [0.2, 0.25) is 0 Å². The number of para-hydroxylation sites is 2. The molecule has 4 rings (SSSR count). The Balaban J connectivity index is 1.87. The molecular formula is C27H25ClN2O3. The van der Waals surface area contributed by atoms with Crippen molar-refractivity contribution in [3.63, 3.8) is 0 Å². The summed E-state index contributed by atoms with van der Waals surface area (Å²) in [5.74, 6) is -0.242. The van der Waals surface area contributed by atoms with E-state index in [0.29, 0.717) is 39.9 Å². The van der Waals surface area contributed by atoms with E-state index in [4.69, 9.17) is 16.3 Å². The third-order valence-electron chi connectivity index (χ3n) is 5.60. The van der Waals surface area contributed by atoms with Crippen LogP contribution in [-0.2, 0) is 9.59 Å². The SMILES string of the molecule is CCOc1ccccc1NC1=C(c2ccc(C)cc2C)C(=O)N(c2ccc(C)c(Cl)c2)C1=O. The number of rotatable bonds is 6. The van der Waals surface area contributed by atoms with Crippen molar-refractivity contribution in [3.8, 4) is 5.75 Å². The van der Waals surface area contributed by atoms with Crippen LogP contribution in [0.3, 0.4) is 0 Å². The number of nitrogens with zero attached hydrogens (tertiary/aromatic N) is 1. The van der Waals surface area contributed by atoms with E-state index in [2.05, 4.69) is 5.32 Å². The van der Waals surface area contributed by atoms with Gasteiger partial charge in [-0.05, 0) is 68.7 Å². The summed E-state index contributed by atoms with van der Waals surface area (Å²) in [4.78, 5) is 28.5. The van der Waals surface area contributed by atoms with E-state index in [0.717, 1.165) is 16.7 Å². The highest BCUT2D eigenvalue weighted by molar-refractivity contribution is 6.46. The zero-order valence-electron chi connectivity index (χ0n) is 19.0. The van der Waals surface area contributed by atoms with Gasteiger partial charge < -0.3 is 10.1 Å². The number of aryl methyl sites for hydroxylation is 3. The third kappa shape index (κ3) is 4.24. The number of benzene rings is 3. The first-order valence-electron chi connectivity index (χ1n) is 10.8. The number of imide groups is 1. The Hall–Kier alpha value is -3.57. The number of amides is 2. The van der Waals surface area contributed by atoms with Gasteiger partial charge >= 0.3 is 0 Å². The number of carbonyl (C=O) groups is 2. The van der Waals surface area contributed by atoms with Gasteiger partial charge in [-0.2, -0.15) is 0 Å². The number of halogens is 1. The van der Waals surface area contributed by atoms with Crippen LogP contribution in [0.5, 0.6) is 5.75 Å². The highest BCUT2D eigenvalue weighted by Gasteiger charge is 2.41. The summed E-state index contributed by atoms with van der Waals surface area (Å²) in [5.41, 5.74) is 5.12. The molecule has 0 spiro atoms. The normalized spacial score (nSPS) is 13.7. The molecule has 0 unspecified atom stereocenters. The zero-order valence-corrected chi connectivity index (χ0v) is 19.8. The molecule has 1 aliphatic rings. The molecule has 3 aromatic rings. The summed E-state index contributed by atoms with van der Waals surface area (Å²) in [6.45, 7) is 8.17. The molecule has 0 radical (unpaired) electrons. The molecule has 168 valence electrons. The molecule has 6 heteroatoms. The van der Waals surface area contributed by atoms with Gasteiger partial charge in [0, 0.05) is 5.02 Å². The van der Waals surface area contributed by atoms with E-state index in [-0.39, 0.29) is 5.70 Å². The Bertz CT molecular complexity index is 1300. The lowest BCUT2D eigenvalue weighted by atomic mass is 9.97. The first-order chi connectivity index (χ1) is 15.8. The second kappa shape index (κ2) is 9.12. The molecule has 1 N–H and O–H groups in total. The summed E-state index contributed by atoms with van der Waals surface area (Å²) in [7, 11) is 0. The van der Waals surface area contributed by atoms with E-state index >= 15 is 0 Å². The Morgan fingerprint density at radius 2 is 1.67 bits per heavy atom. The van der Waals surface area contributed by atoms with Gasteiger partial charge in [-0.15, -0.1) is 0 Å². The van der Waals surface area contributed by atoms with Crippen molar-refractivity contribution in [3.05, 3.63) is 93.6 Å². The van der Waals surface area contributed by atoms with Gasteiger partial charge in [0.1, 0.15) is 11.4 Å². The van der Waals surface area contributed by atoms with Crippen molar-refractivity contribution in [2.24, 2.45) is 0 Å². The number of carbonyl (C=O) groups excluding carboxylic acids is 2. The molecule has 2 amide bonds. The van der Waals surface area contributed by atoms with E-state index in [9.17, 15) is 9.59 Å². The van der Waals surface area contributed by atoms with Gasteiger partial charge in [-0.25, -0.2) is 4.90 Å². The molecule has 0 bridgehead atoms. The van der Waals surface area contributed by atoms with Crippen LogP contribution in [0.15, 0.2) is 66.4 Å². The molecule has 0 aliphatic carbocycles. The van der Waals surface area contributed by atoms with Crippen molar-refractivity contribution >= 4 is 40.4 Å². The lowest BCUT2D eigenvalue weighted by Gasteiger charge is -2.17. The average Bonchev–Trinajstić information content (AvgIpc) is 3.01. The molecule has 0 fully saturated rings. The Labute approximate surface area is 198 Å². The zero-order chi connectivity index (χ0) is 23.7. The minimum absolute atomic E-state index is 0.204. The van der Waals surface area contributed by atoms with Crippen LogP contribution >= 0.6 is 11.6 Å². The fourth-order valence-electron chi connectivity index (χ4n) is 3.93. The second-order valence-corrected chi connectivity index (χ2v) is 8.41. The van der Waals surface area contributed by atoms with E-state index in [1.807, 2.05) is 70.2 Å². The van der Waals surface area contributed by atoms with Gasteiger partial charge in [0.05, 0.1) is 23.6 Å². The first kappa shape index (κ1) is 22.6. The minimum Gasteiger partial charge on any atom is -0.492 e. The number of hydrogen-bond acceptors (Lipinski definition) is 4. The summed E-state index contributed by atoms with van der Waals surface area (Å²) in [5, 5.41) is 3.69. The fourth-order valence-corrected chi connectivity index (χ4v) is 4.11. The third-order valence-corrected chi connectivity index (χ3v) is 6.00. The topological polar surface area (TPSA) is 58.6 Å². The quantitative estimate of drug-likeness (QED) is 0.454. The summed E-state index contributed by atoms with van der Waals surface area (Å²) >= 11 is 6.31. The standard InChI is InChI=1S/C27H25ClN2O3/c1-5-33-23-9-7-6-8-22(23)29-25-24(20-13-10-16(2)14-18(20)4)26(31)30(27(25)32)19-12-11-17(3)21(28)15-19/h6-15,29H,5H2,1-4H3. The Morgan fingerprint density at radius 1 is 0.909 bits per heavy atom. The maximum atomic E-state index is 13.7. The second-order valence-electron chi connectivity index (χ2n) is 8.00. The summed E-state index contributed by atoms with van der Waals surface area (Å²) in [6, 6.07) is 18.3. The van der Waals surface area contributed by atoms with Gasteiger partial charge in [-0.3, -0.25) is 9.59 Å². The predicted octanol–water partition coefficient (Wildman–Crippen LogP) is 6.06. The van der Waals surface area contributed by atoms with E-state index < -0.39 is 11.8 Å². The number of ether oxygens (including phenoxy) is 1. The van der Waals surface area contributed by atoms with Crippen molar-refractivity contribution in [2.75, 3.05) is 16.8 Å². The fraction of sp³-hybridized carbons (Fsp3) is 0.185. The lowest BCUT2D eigenvalue weighted by Crippen LogP contribution is -2.32. The molecule has 0 saturated carbocycles. The highest BCUT2D eigenvalue weighted by atomic mass is 35.5. The highest BCUT2D eigenvalue weighted by Crippen LogP contribution is 2.37. The maximum Gasteiger partial charge on any atom is 0.282 e. The molecule has 5 nitrogen and oxygen atoms in total. The maximum absolute atomic E-state index is 13.7. The van der Waals surface area contributed by atoms with Crippen molar-refractivity contribution in [1.29, 1.82) is 0 Å². The van der Waals surface area contributed by atoms with Crippen LogP contribution in [0.1, 0.15) is 29.2 Å². The average molecular weight is 461 g/mol. The largest absolute Gasteiger partial charge is 0.492 e. The van der Waals surface area contributed by atoms with Crippen LogP contribution in [0.4, 0.5) is 11.4 Å². The van der Waals surface area contributed by atoms with Crippen LogP contribution < -0.4 is 15.0 Å². The Morgan fingerprint density at radius 3 is 2.36 bits per heavy atom. The van der Waals surface area contributed by atoms with Crippen molar-refractivity contribution in [1.82, 2.24) is 0 Å². The molecule has 0 atom stereocenters. The number of anilines is 2. The summed E-state index contributed by atoms with van der Waals surface area (Å²) < 4.78 is 5.72. The van der Waals surface area contributed by atoms with E-state index in [1.54, 1.807) is 18.2 Å². The van der Waals surface area contributed by atoms with Crippen LogP contribution in [0.2, 0.25) is 5.02 Å². The molecule has 0 aromatic heterocycles. The smallest absolute Gasteiger partial charge is 0.282 e. The summed E-state index contributed by atoms with van der Waals surface area (Å²) in [6.07, 6.45) is 0. The van der Waals surface area contributed by atoms with Crippen LogP contribution in [0.25, 0.3) is 5.57 Å². The molecule has 3 aromatic carbocycles. The minimum atomic E-state index is -0.443. The molecule has 1 aliphatic heterocycles. The van der Waals surface area contributed by atoms with Crippen LogP contribution in [0, 0.1) is 20.8 Å². The van der Waals surface area contributed by atoms with Gasteiger partial charge in [0.15, 0.2) is 0 Å². The monoisotopic (exact) mass is 460 g/mol. The van der Waals surface area contributed by atoms with Crippen molar-refractivity contribution in [2.45, 2.75) is 27.7 Å². The predicted molar refractivity (Wildman–Crippen MR) is 133 cm³/mol. The van der Waals surface area contributed by atoms with Gasteiger partial charge in [0.25, 0.3) is 11.8 Å². The van der Waals surface area contributed by atoms with Crippen molar-refractivity contribution < 1.29 is 14.3 Å². The van der Waals surface area contributed by atoms with E-state index in [1.165, 1.54) is 4.90 Å². The lowest BCUT2D eigenvalue weighted by molar-refractivity contribution is -0.120. The molecule has 33 heavy (non-hydrogen) atoms. The number of hydrogen-bond donors (Lipinski definition) is 1. The molecule has 1 heterocycles. The molecule has 0 saturated heterocycles. The first-order valence-corrected chi connectivity index (χ1v) is 11.1. The van der Waals surface area contributed by atoms with Crippen LogP contribution in [-0.4, -0.2) is 18.4 Å². The molecular weight excluding hydrogens is 436 g/mol.